The van der Waals surface area contributed by atoms with Gasteiger partial charge in [-0.2, -0.15) is 0 Å². The van der Waals surface area contributed by atoms with Gasteiger partial charge in [-0.1, -0.05) is 0 Å². The summed E-state index contributed by atoms with van der Waals surface area (Å²) in [6, 6.07) is 0. The Hall–Kier alpha value is -1.22. The third kappa shape index (κ3) is 5.53. The van der Waals surface area contributed by atoms with Crippen LogP contribution < -0.4 is 16.6 Å². The molecule has 0 atom stereocenters. The van der Waals surface area contributed by atoms with Crippen molar-refractivity contribution in [1.82, 2.24) is 14.9 Å². The number of halogens is 1. The highest BCUT2D eigenvalue weighted by Gasteiger charge is 2.24. The van der Waals surface area contributed by atoms with Crippen molar-refractivity contribution in [2.45, 2.75) is 20.4 Å². The van der Waals surface area contributed by atoms with E-state index in [1.165, 1.54) is 6.20 Å². The average molecular weight is 398 g/mol. The molecule has 0 bridgehead atoms. The monoisotopic (exact) mass is 397 g/mol. The van der Waals surface area contributed by atoms with E-state index in [0.717, 1.165) is 4.57 Å². The van der Waals surface area contributed by atoms with Gasteiger partial charge in [0.25, 0.3) is 5.56 Å². The Bertz CT molecular complexity index is 675. The molecule has 0 unspecified atom stereocenters. The van der Waals surface area contributed by atoms with Crippen molar-refractivity contribution >= 4 is 29.4 Å². The van der Waals surface area contributed by atoms with Gasteiger partial charge in [0.2, 0.25) is 5.91 Å². The summed E-state index contributed by atoms with van der Waals surface area (Å²) in [5, 5.41) is 2.38. The predicted octanol–water partition coefficient (Wildman–Crippen LogP) is 0.639. The first kappa shape index (κ1) is 18.8. The lowest BCUT2D eigenvalue weighted by Gasteiger charge is -2.17. The number of amides is 1. The molecular formula is C11H17BrN3O6P. The molecule has 0 aliphatic rings. The first-order chi connectivity index (χ1) is 10.3. The Labute approximate surface area is 134 Å². The Morgan fingerprint density at radius 2 is 1.95 bits per heavy atom. The topological polar surface area (TPSA) is 119 Å². The average Bonchev–Trinajstić information content (AvgIpc) is 2.43. The quantitative estimate of drug-likeness (QED) is 0.621. The lowest BCUT2D eigenvalue weighted by molar-refractivity contribution is -0.121. The van der Waals surface area contributed by atoms with Gasteiger partial charge in [0.05, 0.1) is 17.7 Å². The van der Waals surface area contributed by atoms with E-state index in [-0.39, 0.29) is 30.5 Å². The minimum Gasteiger partial charge on any atom is -0.343 e. The maximum atomic E-state index is 12.2. The van der Waals surface area contributed by atoms with Gasteiger partial charge in [-0.05, 0) is 29.8 Å². The zero-order chi connectivity index (χ0) is 16.8. The van der Waals surface area contributed by atoms with Crippen LogP contribution in [0.1, 0.15) is 13.8 Å². The van der Waals surface area contributed by atoms with Crippen molar-refractivity contribution in [3.05, 3.63) is 31.5 Å². The van der Waals surface area contributed by atoms with E-state index in [1.807, 2.05) is 4.98 Å². The van der Waals surface area contributed by atoms with Gasteiger partial charge in [0.15, 0.2) is 0 Å². The van der Waals surface area contributed by atoms with E-state index < -0.39 is 24.8 Å². The van der Waals surface area contributed by atoms with Crippen LogP contribution in [0.2, 0.25) is 0 Å². The van der Waals surface area contributed by atoms with E-state index in [1.54, 1.807) is 13.8 Å². The molecule has 0 spiro atoms. The molecule has 1 heterocycles. The summed E-state index contributed by atoms with van der Waals surface area (Å²) in [6.07, 6.45) is 0.901. The van der Waals surface area contributed by atoms with Crippen molar-refractivity contribution in [2.24, 2.45) is 0 Å². The predicted molar refractivity (Wildman–Crippen MR) is 82.9 cm³/mol. The number of carbonyl (C=O) groups excluding carboxylic acids is 1. The highest BCUT2D eigenvalue weighted by molar-refractivity contribution is 9.10. The number of aromatic nitrogens is 2. The molecule has 0 saturated heterocycles. The number of rotatable bonds is 8. The molecule has 22 heavy (non-hydrogen) atoms. The highest BCUT2D eigenvalue weighted by Crippen LogP contribution is 2.46. The van der Waals surface area contributed by atoms with Crippen LogP contribution in [0.25, 0.3) is 0 Å². The Balaban J connectivity index is 2.71. The van der Waals surface area contributed by atoms with Crippen LogP contribution in [0.4, 0.5) is 0 Å². The molecule has 1 amide bonds. The van der Waals surface area contributed by atoms with E-state index in [2.05, 4.69) is 21.2 Å². The first-order valence-corrected chi connectivity index (χ1v) is 8.97. The second-order valence-electron chi connectivity index (χ2n) is 4.07. The van der Waals surface area contributed by atoms with Gasteiger partial charge in [0, 0.05) is 6.20 Å². The molecule has 11 heteroatoms. The summed E-state index contributed by atoms with van der Waals surface area (Å²) >= 11 is 2.96. The van der Waals surface area contributed by atoms with Crippen molar-refractivity contribution in [3.63, 3.8) is 0 Å². The fraction of sp³-hybridized carbons (Fsp3) is 0.545. The number of aromatic amines is 1. The smallest absolute Gasteiger partial charge is 0.343 e. The van der Waals surface area contributed by atoms with Gasteiger partial charge in [-0.3, -0.25) is 23.7 Å². The summed E-state index contributed by atoms with van der Waals surface area (Å²) < 4.78 is 23.3. The third-order valence-corrected chi connectivity index (χ3v) is 4.82. The summed E-state index contributed by atoms with van der Waals surface area (Å²) in [5.41, 5.74) is -1.31. The molecule has 124 valence electrons. The molecule has 0 aliphatic carbocycles. The molecule has 0 aliphatic heterocycles. The molecule has 0 fully saturated rings. The van der Waals surface area contributed by atoms with Gasteiger partial charge < -0.3 is 14.4 Å². The van der Waals surface area contributed by atoms with E-state index in [4.69, 9.17) is 9.05 Å². The second-order valence-corrected chi connectivity index (χ2v) is 6.98. The summed E-state index contributed by atoms with van der Waals surface area (Å²) in [5.74, 6) is -0.569. The van der Waals surface area contributed by atoms with Crippen molar-refractivity contribution in [3.8, 4) is 0 Å². The Morgan fingerprint density at radius 3 is 2.50 bits per heavy atom. The maximum absolute atomic E-state index is 12.2. The molecule has 0 aromatic carbocycles. The van der Waals surface area contributed by atoms with Crippen molar-refractivity contribution in [1.29, 1.82) is 0 Å². The lowest BCUT2D eigenvalue weighted by atomic mass is 10.5. The maximum Gasteiger partial charge on any atom is 0.349 e. The van der Waals surface area contributed by atoms with Crippen LogP contribution in [0, 0.1) is 0 Å². The number of H-pyrrole nitrogens is 1. The van der Waals surface area contributed by atoms with Gasteiger partial charge in [0.1, 0.15) is 12.8 Å². The fourth-order valence-corrected chi connectivity index (χ4v) is 3.28. The standard InChI is InChI=1S/C11H17BrN3O6P/c1-3-20-22(19,21-4-2)7-13-9(16)6-15-5-8(12)10(17)14-11(15)18/h5H,3-4,6-7H2,1-2H3,(H,13,16)(H,14,17,18). The zero-order valence-corrected chi connectivity index (χ0v) is 14.6. The Morgan fingerprint density at radius 1 is 1.36 bits per heavy atom. The normalized spacial score (nSPS) is 11.4. The number of carbonyl (C=O) groups is 1. The summed E-state index contributed by atoms with van der Waals surface area (Å²) in [7, 11) is -3.39. The first-order valence-electron chi connectivity index (χ1n) is 6.45. The van der Waals surface area contributed by atoms with Crippen molar-refractivity contribution in [2.75, 3.05) is 19.5 Å². The number of nitrogens with one attached hydrogen (secondary N) is 2. The summed E-state index contributed by atoms with van der Waals surface area (Å²) in [6.45, 7) is 3.33. The van der Waals surface area contributed by atoms with Crippen LogP contribution in [0.3, 0.4) is 0 Å². The largest absolute Gasteiger partial charge is 0.349 e. The van der Waals surface area contributed by atoms with Gasteiger partial charge in [-0.25, -0.2) is 4.79 Å². The van der Waals surface area contributed by atoms with Crippen LogP contribution in [-0.2, 0) is 25.0 Å². The van der Waals surface area contributed by atoms with Crippen LogP contribution >= 0.6 is 23.5 Å². The highest BCUT2D eigenvalue weighted by atomic mass is 79.9. The molecule has 0 saturated carbocycles. The van der Waals surface area contributed by atoms with E-state index >= 15 is 0 Å². The number of hydrogen-bond donors (Lipinski definition) is 2. The van der Waals surface area contributed by atoms with Crippen molar-refractivity contribution < 1.29 is 18.4 Å². The van der Waals surface area contributed by atoms with Crippen LogP contribution in [-0.4, -0.2) is 35.0 Å². The minimum absolute atomic E-state index is 0.120. The minimum atomic E-state index is -3.39. The molecule has 1 aromatic heterocycles. The van der Waals surface area contributed by atoms with Gasteiger partial charge >= 0.3 is 13.3 Å². The summed E-state index contributed by atoms with van der Waals surface area (Å²) in [4.78, 5) is 36.6. The van der Waals surface area contributed by atoms with Crippen LogP contribution in [0.15, 0.2) is 20.3 Å². The number of nitrogens with zero attached hydrogens (tertiary/aromatic N) is 1. The Kier molecular flexibility index (Phi) is 7.21. The zero-order valence-electron chi connectivity index (χ0n) is 12.1. The van der Waals surface area contributed by atoms with Gasteiger partial charge in [-0.15, -0.1) is 0 Å². The fourth-order valence-electron chi connectivity index (χ4n) is 1.52. The molecule has 0 radical (unpaired) electrons. The molecule has 1 aromatic rings. The molecular weight excluding hydrogens is 381 g/mol. The second kappa shape index (κ2) is 8.42. The van der Waals surface area contributed by atoms with Crippen LogP contribution in [0.5, 0.6) is 0 Å². The van der Waals surface area contributed by atoms with E-state index in [9.17, 15) is 18.9 Å². The molecule has 9 nitrogen and oxygen atoms in total. The molecule has 2 N–H and O–H groups in total. The lowest BCUT2D eigenvalue weighted by Crippen LogP contribution is -2.36. The third-order valence-electron chi connectivity index (χ3n) is 2.40. The number of hydrogen-bond acceptors (Lipinski definition) is 6. The van der Waals surface area contributed by atoms with E-state index in [0.29, 0.717) is 0 Å². The SMILES string of the molecule is CCOP(=O)(CNC(=O)Cn1cc(Br)c(=O)[nH]c1=O)OCC. The molecule has 1 rings (SSSR count).